The van der Waals surface area contributed by atoms with E-state index in [0.29, 0.717) is 12.8 Å². The van der Waals surface area contributed by atoms with Crippen LogP contribution in [0.1, 0.15) is 87.9 Å². The molecule has 2 rings (SSSR count). The van der Waals surface area contributed by atoms with Crippen molar-refractivity contribution in [3.05, 3.63) is 47.5 Å². The second-order valence-corrected chi connectivity index (χ2v) is 8.58. The van der Waals surface area contributed by atoms with Crippen molar-refractivity contribution in [3.63, 3.8) is 0 Å². The summed E-state index contributed by atoms with van der Waals surface area (Å²) in [6, 6.07) is 10.3. The maximum atomic E-state index is 11.2. The van der Waals surface area contributed by atoms with Gasteiger partial charge in [-0.15, -0.1) is 0 Å². The lowest BCUT2D eigenvalue weighted by atomic mass is 9.82. The summed E-state index contributed by atoms with van der Waals surface area (Å²) < 4.78 is 4.65. The van der Waals surface area contributed by atoms with Gasteiger partial charge >= 0.3 is 5.97 Å². The molecule has 5 nitrogen and oxygen atoms in total. The number of rotatable bonds is 12. The van der Waals surface area contributed by atoms with Crippen LogP contribution in [-0.2, 0) is 9.53 Å². The van der Waals surface area contributed by atoms with Crippen LogP contribution in [-0.4, -0.2) is 29.4 Å². The fourth-order valence-corrected chi connectivity index (χ4v) is 4.58. The molecule has 0 radical (unpaired) electrons. The molecule has 0 amide bonds. The lowest BCUT2D eigenvalue weighted by molar-refractivity contribution is -0.140. The number of aliphatic hydroxyl groups is 2. The molecule has 0 heterocycles. The Hall–Kier alpha value is -2.16. The Morgan fingerprint density at radius 1 is 1.26 bits per heavy atom. The molecule has 0 bridgehead atoms. The number of nitriles is 1. The van der Waals surface area contributed by atoms with Gasteiger partial charge in [0, 0.05) is 12.3 Å². The average Bonchev–Trinajstić information content (AvgIpc) is 3.11. The molecule has 5 atom stereocenters. The van der Waals surface area contributed by atoms with Crippen LogP contribution < -0.4 is 0 Å². The Kier molecular flexibility index (Phi) is 10.8. The molecule has 1 aromatic rings. The quantitative estimate of drug-likeness (QED) is 0.272. The molecule has 5 heteroatoms. The number of hydrogen-bond acceptors (Lipinski definition) is 5. The maximum absolute atomic E-state index is 11.2. The largest absolute Gasteiger partial charge is 0.469 e. The third-order valence-electron chi connectivity index (χ3n) is 6.40. The summed E-state index contributed by atoms with van der Waals surface area (Å²) in [6.45, 7) is 2.15. The van der Waals surface area contributed by atoms with Gasteiger partial charge in [0.15, 0.2) is 0 Å². The highest BCUT2D eigenvalue weighted by Gasteiger charge is 2.42. The van der Waals surface area contributed by atoms with Gasteiger partial charge in [0.05, 0.1) is 31.3 Å². The Balaban J connectivity index is 2.00. The monoisotopic (exact) mass is 427 g/mol. The van der Waals surface area contributed by atoms with E-state index in [1.807, 2.05) is 24.3 Å². The minimum atomic E-state index is -0.539. The molecule has 1 aliphatic carbocycles. The molecular weight excluding hydrogens is 390 g/mol. The van der Waals surface area contributed by atoms with Gasteiger partial charge in [-0.2, -0.15) is 5.26 Å². The first kappa shape index (κ1) is 25.1. The van der Waals surface area contributed by atoms with Crippen LogP contribution >= 0.6 is 0 Å². The second kappa shape index (κ2) is 13.3. The van der Waals surface area contributed by atoms with Crippen LogP contribution in [0.4, 0.5) is 0 Å². The lowest BCUT2D eigenvalue weighted by Crippen LogP contribution is -2.18. The predicted molar refractivity (Wildman–Crippen MR) is 121 cm³/mol. The van der Waals surface area contributed by atoms with E-state index in [2.05, 4.69) is 29.9 Å². The molecule has 170 valence electrons. The van der Waals surface area contributed by atoms with Crippen molar-refractivity contribution in [1.82, 2.24) is 0 Å². The maximum Gasteiger partial charge on any atom is 0.305 e. The molecule has 0 spiro atoms. The number of benzene rings is 1. The highest BCUT2D eigenvalue weighted by molar-refractivity contribution is 5.69. The van der Waals surface area contributed by atoms with Crippen LogP contribution in [0.25, 0.3) is 0 Å². The lowest BCUT2D eigenvalue weighted by Gasteiger charge is -2.23. The van der Waals surface area contributed by atoms with E-state index >= 15 is 0 Å². The van der Waals surface area contributed by atoms with Crippen LogP contribution in [0.15, 0.2) is 36.4 Å². The minimum absolute atomic E-state index is 0.0529. The van der Waals surface area contributed by atoms with E-state index in [4.69, 9.17) is 0 Å². The molecular formula is C26H37NO4. The number of carbonyl (C=O) groups is 1. The zero-order valence-corrected chi connectivity index (χ0v) is 18.9. The number of hydrogen-bond donors (Lipinski definition) is 2. The number of carbonyl (C=O) groups excluding carboxylic acids is 1. The highest BCUT2D eigenvalue weighted by atomic mass is 16.5. The molecule has 1 fully saturated rings. The Bertz CT molecular complexity index is 737. The zero-order chi connectivity index (χ0) is 22.6. The SMILES string of the molecule is CCCCCC(O)c1ccc(C2[C@@H](C/C=C\CCCC(=O)OC)C(C#N)C[C@H]2O)cc1. The van der Waals surface area contributed by atoms with E-state index in [1.165, 1.54) is 7.11 Å². The Labute approximate surface area is 186 Å². The summed E-state index contributed by atoms with van der Waals surface area (Å²) in [6.07, 6.45) is 10.3. The molecule has 1 saturated carbocycles. The summed E-state index contributed by atoms with van der Waals surface area (Å²) in [4.78, 5) is 11.2. The molecule has 2 N–H and O–H groups in total. The molecule has 0 aromatic heterocycles. The van der Waals surface area contributed by atoms with Gasteiger partial charge in [-0.1, -0.05) is 62.6 Å². The normalized spacial score (nSPS) is 24.2. The first-order valence-corrected chi connectivity index (χ1v) is 11.6. The minimum Gasteiger partial charge on any atom is -0.469 e. The van der Waals surface area contributed by atoms with Gasteiger partial charge in [0.25, 0.3) is 0 Å². The summed E-state index contributed by atoms with van der Waals surface area (Å²) in [5.41, 5.74) is 1.94. The van der Waals surface area contributed by atoms with Gasteiger partial charge in [-0.25, -0.2) is 0 Å². The molecule has 1 aliphatic rings. The third-order valence-corrected chi connectivity index (χ3v) is 6.40. The number of unbranched alkanes of at least 4 members (excludes halogenated alkanes) is 3. The van der Waals surface area contributed by atoms with Crippen molar-refractivity contribution in [2.45, 2.75) is 82.8 Å². The number of nitrogens with zero attached hydrogens (tertiary/aromatic N) is 1. The summed E-state index contributed by atoms with van der Waals surface area (Å²) in [7, 11) is 1.39. The van der Waals surface area contributed by atoms with E-state index in [0.717, 1.165) is 56.1 Å². The van der Waals surface area contributed by atoms with E-state index in [1.54, 1.807) is 0 Å². The van der Waals surface area contributed by atoms with Gasteiger partial charge in [0.2, 0.25) is 0 Å². The van der Waals surface area contributed by atoms with E-state index < -0.39 is 12.2 Å². The van der Waals surface area contributed by atoms with Crippen molar-refractivity contribution in [2.24, 2.45) is 11.8 Å². The van der Waals surface area contributed by atoms with Crippen LogP contribution in [0.2, 0.25) is 0 Å². The van der Waals surface area contributed by atoms with Crippen LogP contribution in [0.5, 0.6) is 0 Å². The van der Waals surface area contributed by atoms with Crippen molar-refractivity contribution >= 4 is 5.97 Å². The number of esters is 1. The van der Waals surface area contributed by atoms with Crippen molar-refractivity contribution in [3.8, 4) is 6.07 Å². The first-order valence-electron chi connectivity index (χ1n) is 11.6. The van der Waals surface area contributed by atoms with E-state index in [-0.39, 0.29) is 23.7 Å². The van der Waals surface area contributed by atoms with Crippen molar-refractivity contribution in [1.29, 1.82) is 5.26 Å². The Morgan fingerprint density at radius 2 is 2.00 bits per heavy atom. The number of aliphatic hydroxyl groups excluding tert-OH is 2. The smallest absolute Gasteiger partial charge is 0.305 e. The third kappa shape index (κ3) is 7.48. The second-order valence-electron chi connectivity index (χ2n) is 8.58. The summed E-state index contributed by atoms with van der Waals surface area (Å²) >= 11 is 0. The fraction of sp³-hybridized carbons (Fsp3) is 0.615. The molecule has 0 saturated heterocycles. The highest BCUT2D eigenvalue weighted by Crippen LogP contribution is 2.45. The van der Waals surface area contributed by atoms with Crippen molar-refractivity contribution < 1.29 is 19.7 Å². The summed E-state index contributed by atoms with van der Waals surface area (Å²) in [5.74, 6) is -0.414. The molecule has 0 aliphatic heterocycles. The molecule has 31 heavy (non-hydrogen) atoms. The predicted octanol–water partition coefficient (Wildman–Crippen LogP) is 5.19. The van der Waals surface area contributed by atoms with Gasteiger partial charge in [-0.05, 0) is 49.1 Å². The topological polar surface area (TPSA) is 90.5 Å². The van der Waals surface area contributed by atoms with Gasteiger partial charge < -0.3 is 14.9 Å². The molecule has 1 aromatic carbocycles. The zero-order valence-electron chi connectivity index (χ0n) is 18.9. The fourth-order valence-electron chi connectivity index (χ4n) is 4.58. The van der Waals surface area contributed by atoms with Crippen LogP contribution in [0, 0.1) is 23.2 Å². The number of allylic oxidation sites excluding steroid dienone is 2. The number of ether oxygens (including phenoxy) is 1. The van der Waals surface area contributed by atoms with E-state index in [9.17, 15) is 20.3 Å². The Morgan fingerprint density at radius 3 is 2.65 bits per heavy atom. The average molecular weight is 428 g/mol. The van der Waals surface area contributed by atoms with Gasteiger partial charge in [-0.3, -0.25) is 4.79 Å². The first-order chi connectivity index (χ1) is 15.0. The number of methoxy groups -OCH3 is 1. The molecule has 3 unspecified atom stereocenters. The van der Waals surface area contributed by atoms with Crippen LogP contribution in [0.3, 0.4) is 0 Å². The summed E-state index contributed by atoms with van der Waals surface area (Å²) in [5, 5.41) is 30.7. The standard InChI is InChI=1S/C26H37NO4/c1-3-4-7-11-23(28)19-13-15-20(16-14-19)26-22(21(18-27)17-24(26)29)10-8-5-6-9-12-25(30)31-2/h5,8,13-16,21-24,26,28-29H,3-4,6-7,9-12,17H2,1-2H3/b8-5-/t21?,22-,23?,24+,26?/m0/s1. The van der Waals surface area contributed by atoms with Gasteiger partial charge in [0.1, 0.15) is 0 Å². The van der Waals surface area contributed by atoms with Crippen molar-refractivity contribution in [2.75, 3.05) is 7.11 Å².